The molecule has 0 aromatic heterocycles. The molecule has 2 aromatic rings. The highest BCUT2D eigenvalue weighted by Crippen LogP contribution is 2.25. The van der Waals surface area contributed by atoms with Crippen molar-refractivity contribution < 1.29 is 18.6 Å². The van der Waals surface area contributed by atoms with Crippen LogP contribution in [0.1, 0.15) is 16.7 Å². The second-order valence-electron chi connectivity index (χ2n) is 7.70. The van der Waals surface area contributed by atoms with Gasteiger partial charge in [0.25, 0.3) is 0 Å². The molecule has 1 heterocycles. The Labute approximate surface area is 189 Å². The maximum atomic E-state index is 13.8. The highest BCUT2D eigenvalue weighted by molar-refractivity contribution is 5.80. The number of hydrogen-bond donors (Lipinski definition) is 1. The molecular weight excluding hydrogens is 411 g/mol. The zero-order chi connectivity index (χ0) is 22.9. The standard InChI is InChI=1S/C24H33FN4O3/c1-26-24(27-15-18-5-7-22(25)20(13-18)17-30-2)29-11-9-28(10-12-29)16-19-14-21(31-3)6-8-23(19)32-4/h5-8,13-14H,9-12,15-17H2,1-4H3,(H,26,27). The van der Waals surface area contributed by atoms with E-state index in [0.29, 0.717) is 12.1 Å². The van der Waals surface area contributed by atoms with Gasteiger partial charge in [-0.25, -0.2) is 4.39 Å². The van der Waals surface area contributed by atoms with Crippen LogP contribution in [0.3, 0.4) is 0 Å². The summed E-state index contributed by atoms with van der Waals surface area (Å²) in [5, 5.41) is 3.40. The number of methoxy groups -OCH3 is 3. The first-order valence-electron chi connectivity index (χ1n) is 10.7. The molecule has 1 aliphatic heterocycles. The highest BCUT2D eigenvalue weighted by Gasteiger charge is 2.21. The SMILES string of the molecule is CN=C(NCc1ccc(F)c(COC)c1)N1CCN(Cc2cc(OC)ccc2OC)CC1. The van der Waals surface area contributed by atoms with Gasteiger partial charge in [-0.2, -0.15) is 0 Å². The molecule has 0 unspecified atom stereocenters. The second kappa shape index (κ2) is 11.7. The Balaban J connectivity index is 1.54. The Bertz CT molecular complexity index is 914. The fraction of sp³-hybridized carbons (Fsp3) is 0.458. The van der Waals surface area contributed by atoms with Gasteiger partial charge in [0.2, 0.25) is 0 Å². The molecule has 1 saturated heterocycles. The summed E-state index contributed by atoms with van der Waals surface area (Å²) in [5.41, 5.74) is 2.66. The zero-order valence-corrected chi connectivity index (χ0v) is 19.4. The maximum absolute atomic E-state index is 13.8. The van der Waals surface area contributed by atoms with E-state index in [1.54, 1.807) is 34.4 Å². The van der Waals surface area contributed by atoms with Crippen molar-refractivity contribution >= 4 is 5.96 Å². The van der Waals surface area contributed by atoms with E-state index in [9.17, 15) is 4.39 Å². The van der Waals surface area contributed by atoms with Crippen LogP contribution in [0.15, 0.2) is 41.4 Å². The number of rotatable bonds is 8. The predicted octanol–water partition coefficient (Wildman–Crippen LogP) is 2.88. The summed E-state index contributed by atoms with van der Waals surface area (Å²) in [7, 11) is 6.72. The van der Waals surface area contributed by atoms with Crippen LogP contribution in [-0.2, 0) is 24.4 Å². The summed E-state index contributed by atoms with van der Waals surface area (Å²) in [6.07, 6.45) is 0. The van der Waals surface area contributed by atoms with Gasteiger partial charge in [0.1, 0.15) is 17.3 Å². The molecule has 0 spiro atoms. The lowest BCUT2D eigenvalue weighted by molar-refractivity contribution is 0.171. The molecule has 0 radical (unpaired) electrons. The third-order valence-corrected chi connectivity index (χ3v) is 5.63. The van der Waals surface area contributed by atoms with E-state index in [1.807, 2.05) is 24.3 Å². The maximum Gasteiger partial charge on any atom is 0.194 e. The molecule has 0 amide bonds. The van der Waals surface area contributed by atoms with Gasteiger partial charge in [0, 0.05) is 64.6 Å². The second-order valence-corrected chi connectivity index (χ2v) is 7.70. The van der Waals surface area contributed by atoms with Crippen LogP contribution in [0, 0.1) is 5.82 Å². The Morgan fingerprint density at radius 2 is 1.78 bits per heavy atom. The number of nitrogens with one attached hydrogen (secondary N) is 1. The van der Waals surface area contributed by atoms with Crippen molar-refractivity contribution in [3.8, 4) is 11.5 Å². The van der Waals surface area contributed by atoms with Gasteiger partial charge in [0.05, 0.1) is 20.8 Å². The number of ether oxygens (including phenoxy) is 3. The molecular formula is C24H33FN4O3. The molecule has 174 valence electrons. The van der Waals surface area contributed by atoms with Crippen LogP contribution in [-0.4, -0.2) is 70.3 Å². The molecule has 0 bridgehead atoms. The van der Waals surface area contributed by atoms with Crippen molar-refractivity contribution in [2.24, 2.45) is 4.99 Å². The van der Waals surface area contributed by atoms with Crippen molar-refractivity contribution in [3.05, 3.63) is 58.9 Å². The summed E-state index contributed by atoms with van der Waals surface area (Å²) in [6, 6.07) is 11.0. The predicted molar refractivity (Wildman–Crippen MR) is 124 cm³/mol. The lowest BCUT2D eigenvalue weighted by Gasteiger charge is -2.36. The minimum absolute atomic E-state index is 0.247. The van der Waals surface area contributed by atoms with Gasteiger partial charge in [-0.05, 0) is 35.9 Å². The molecule has 3 rings (SSSR count). The summed E-state index contributed by atoms with van der Waals surface area (Å²) in [4.78, 5) is 9.09. The number of guanidine groups is 1. The molecule has 0 atom stereocenters. The van der Waals surface area contributed by atoms with E-state index in [2.05, 4.69) is 20.1 Å². The first-order valence-corrected chi connectivity index (χ1v) is 10.7. The number of benzene rings is 2. The quantitative estimate of drug-likeness (QED) is 0.499. The molecule has 32 heavy (non-hydrogen) atoms. The van der Waals surface area contributed by atoms with Crippen molar-refractivity contribution in [1.82, 2.24) is 15.1 Å². The van der Waals surface area contributed by atoms with E-state index >= 15 is 0 Å². The number of aliphatic imine (C=N–C) groups is 1. The lowest BCUT2D eigenvalue weighted by atomic mass is 10.1. The van der Waals surface area contributed by atoms with E-state index < -0.39 is 0 Å². The van der Waals surface area contributed by atoms with E-state index in [4.69, 9.17) is 14.2 Å². The van der Waals surface area contributed by atoms with Crippen LogP contribution >= 0.6 is 0 Å². The normalized spacial score (nSPS) is 15.0. The lowest BCUT2D eigenvalue weighted by Crippen LogP contribution is -2.52. The number of halogens is 1. The molecule has 2 aromatic carbocycles. The summed E-state index contributed by atoms with van der Waals surface area (Å²) in [6.45, 7) is 5.19. The van der Waals surface area contributed by atoms with E-state index in [1.165, 1.54) is 6.07 Å². The molecule has 1 aliphatic rings. The van der Waals surface area contributed by atoms with Gasteiger partial charge < -0.3 is 24.4 Å². The first kappa shape index (κ1) is 23.8. The Kier molecular flexibility index (Phi) is 8.70. The smallest absolute Gasteiger partial charge is 0.194 e. The summed E-state index contributed by atoms with van der Waals surface area (Å²) in [5.74, 6) is 2.31. The minimum atomic E-state index is -0.247. The molecule has 8 heteroatoms. The van der Waals surface area contributed by atoms with Crippen molar-refractivity contribution in [2.45, 2.75) is 19.7 Å². The largest absolute Gasteiger partial charge is 0.497 e. The average molecular weight is 445 g/mol. The Morgan fingerprint density at radius 3 is 2.44 bits per heavy atom. The number of piperazine rings is 1. The Morgan fingerprint density at radius 1 is 1.00 bits per heavy atom. The monoisotopic (exact) mass is 444 g/mol. The Hall–Kier alpha value is -2.84. The van der Waals surface area contributed by atoms with Crippen LogP contribution in [0.5, 0.6) is 11.5 Å². The summed E-state index contributed by atoms with van der Waals surface area (Å²) < 4.78 is 29.8. The van der Waals surface area contributed by atoms with Gasteiger partial charge in [-0.15, -0.1) is 0 Å². The van der Waals surface area contributed by atoms with Gasteiger partial charge in [-0.3, -0.25) is 9.89 Å². The van der Waals surface area contributed by atoms with Crippen LogP contribution in [0.4, 0.5) is 4.39 Å². The number of nitrogens with zero attached hydrogens (tertiary/aromatic N) is 3. The van der Waals surface area contributed by atoms with Gasteiger partial charge >= 0.3 is 0 Å². The molecule has 0 saturated carbocycles. The molecule has 0 aliphatic carbocycles. The van der Waals surface area contributed by atoms with Crippen LogP contribution in [0.2, 0.25) is 0 Å². The van der Waals surface area contributed by atoms with Crippen molar-refractivity contribution in [2.75, 3.05) is 54.6 Å². The fourth-order valence-electron chi connectivity index (χ4n) is 3.88. The average Bonchev–Trinajstić information content (AvgIpc) is 2.82. The number of hydrogen-bond acceptors (Lipinski definition) is 5. The van der Waals surface area contributed by atoms with E-state index in [-0.39, 0.29) is 12.4 Å². The van der Waals surface area contributed by atoms with Crippen LogP contribution in [0.25, 0.3) is 0 Å². The third-order valence-electron chi connectivity index (χ3n) is 5.63. The van der Waals surface area contributed by atoms with E-state index in [0.717, 1.165) is 61.3 Å². The molecule has 1 N–H and O–H groups in total. The van der Waals surface area contributed by atoms with Crippen molar-refractivity contribution in [3.63, 3.8) is 0 Å². The van der Waals surface area contributed by atoms with Gasteiger partial charge in [0.15, 0.2) is 5.96 Å². The third kappa shape index (κ3) is 6.11. The minimum Gasteiger partial charge on any atom is -0.497 e. The first-order chi connectivity index (χ1) is 15.6. The van der Waals surface area contributed by atoms with Gasteiger partial charge in [-0.1, -0.05) is 6.07 Å². The zero-order valence-electron chi connectivity index (χ0n) is 19.4. The summed E-state index contributed by atoms with van der Waals surface area (Å²) >= 11 is 0. The van der Waals surface area contributed by atoms with Crippen molar-refractivity contribution in [1.29, 1.82) is 0 Å². The fourth-order valence-corrected chi connectivity index (χ4v) is 3.88. The molecule has 1 fully saturated rings. The highest BCUT2D eigenvalue weighted by atomic mass is 19.1. The van der Waals surface area contributed by atoms with Crippen LogP contribution < -0.4 is 14.8 Å². The molecule has 7 nitrogen and oxygen atoms in total. The topological polar surface area (TPSA) is 58.6 Å².